The second-order valence-corrected chi connectivity index (χ2v) is 15.5. The maximum Gasteiger partial charge on any atom is 0.165 e. The molecule has 0 bridgehead atoms. The van der Waals surface area contributed by atoms with Crippen LogP contribution in [0.5, 0.6) is 5.75 Å². The molecule has 6 rings (SSSR count). The van der Waals surface area contributed by atoms with Crippen molar-refractivity contribution in [2.75, 3.05) is 0 Å². The summed E-state index contributed by atoms with van der Waals surface area (Å²) in [5.41, 5.74) is 9.13. The Morgan fingerprint density at radius 3 is 1.78 bits per heavy atom. The van der Waals surface area contributed by atoms with E-state index in [1.165, 1.54) is 6.07 Å². The largest absolute Gasteiger partial charge is 0.665 e. The minimum Gasteiger partial charge on any atom is -0.665 e. The zero-order chi connectivity index (χ0) is 33.6. The van der Waals surface area contributed by atoms with Gasteiger partial charge in [-0.1, -0.05) is 26.0 Å². The summed E-state index contributed by atoms with van der Waals surface area (Å²) in [6, 6.07) is 12.6. The molecule has 0 atom stereocenters. The molecule has 3 nitrogen and oxygen atoms in total. The van der Waals surface area contributed by atoms with Crippen LogP contribution in [0.3, 0.4) is 0 Å². The van der Waals surface area contributed by atoms with Gasteiger partial charge in [0.15, 0.2) is 11.6 Å². The van der Waals surface area contributed by atoms with Crippen LogP contribution in [0.4, 0.5) is 14.5 Å². The normalized spacial score (nSPS) is 13.7. The molecule has 0 spiro atoms. The number of phenols is 1. The third-order valence-electron chi connectivity index (χ3n) is 8.08. The van der Waals surface area contributed by atoms with Crippen molar-refractivity contribution in [1.29, 1.82) is 0 Å². The predicted molar refractivity (Wildman–Crippen MR) is 185 cm³/mol. The summed E-state index contributed by atoms with van der Waals surface area (Å²) < 4.78 is 35.7. The summed E-state index contributed by atoms with van der Waals surface area (Å²) in [5, 5.41) is 11.8. The molecule has 0 aliphatic heterocycles. The molecule has 0 unspecified atom stereocenters. The molecule has 2 aliphatic rings. The first-order valence-corrected chi connectivity index (χ1v) is 18.6. The van der Waals surface area contributed by atoms with Crippen molar-refractivity contribution in [1.82, 2.24) is 4.98 Å². The quantitative estimate of drug-likeness (QED) is 0.208. The molecular formula is C38H43Cl2F2MoN2O-. The maximum atomic E-state index is 14.5. The molecule has 1 N–H and O–H groups in total. The number of aromatic hydroxyl groups is 1. The Bertz CT molecular complexity index is 1660. The van der Waals surface area contributed by atoms with Crippen LogP contribution in [0.25, 0.3) is 11.1 Å². The summed E-state index contributed by atoms with van der Waals surface area (Å²) >= 11 is 11.5. The van der Waals surface area contributed by atoms with Crippen LogP contribution in [-0.4, -0.2) is 9.51 Å². The van der Waals surface area contributed by atoms with Gasteiger partial charge in [-0.2, -0.15) is 11.4 Å². The Balaban J connectivity index is 0.000000185. The van der Waals surface area contributed by atoms with E-state index in [-0.39, 0.29) is 17.0 Å². The predicted octanol–water partition coefficient (Wildman–Crippen LogP) is 11.4. The standard InChI is InChI=1S/C21H22F2O.C6H3Cl2N.C6H8N.C5H10.Mo/c1-12-17(22)10-13-6-2-4-8-15(13)19(12)20-16-9-5-3-7-14(16)11-18(23)21(20)24;7-4-2-1-3-5(8)6(4)9;1-5-3-4-6(2)7-5;1-5(2,3)4;/h10-11,24H,2-9H2,1H3;1-3H;3-4H,1-2H3;1H,2-4H3;/q;;-1;;. The third kappa shape index (κ3) is 9.33. The van der Waals surface area contributed by atoms with Gasteiger partial charge < -0.3 is 10.1 Å². The molecule has 46 heavy (non-hydrogen) atoms. The Labute approximate surface area is 290 Å². The van der Waals surface area contributed by atoms with Crippen LogP contribution in [0.1, 0.15) is 85.7 Å². The molecular weight excluding hydrogens is 705 g/mol. The zero-order valence-corrected chi connectivity index (χ0v) is 31.1. The summed E-state index contributed by atoms with van der Waals surface area (Å²) in [6.07, 6.45) is 7.57. The van der Waals surface area contributed by atoms with E-state index in [0.29, 0.717) is 21.2 Å². The van der Waals surface area contributed by atoms with Crippen LogP contribution < -0.4 is 4.98 Å². The van der Waals surface area contributed by atoms with Crippen LogP contribution in [0.2, 0.25) is 10.0 Å². The van der Waals surface area contributed by atoms with Gasteiger partial charge in [0.05, 0.1) is 0 Å². The smallest absolute Gasteiger partial charge is 0.165 e. The van der Waals surface area contributed by atoms with E-state index in [2.05, 4.69) is 33.7 Å². The van der Waals surface area contributed by atoms with E-state index in [9.17, 15) is 13.9 Å². The first-order valence-electron chi connectivity index (χ1n) is 15.8. The van der Waals surface area contributed by atoms with Gasteiger partial charge in [0.25, 0.3) is 0 Å². The first kappa shape index (κ1) is 36.4. The zero-order valence-electron chi connectivity index (χ0n) is 27.5. The fraction of sp³-hybridized carbons (Fsp3) is 0.395. The number of hydrogen-bond donors (Lipinski definition) is 1. The molecule has 0 saturated carbocycles. The van der Waals surface area contributed by atoms with Crippen LogP contribution in [0, 0.1) is 37.8 Å². The second-order valence-electron chi connectivity index (χ2n) is 13.1. The van der Waals surface area contributed by atoms with E-state index >= 15 is 0 Å². The number of hydrogen-bond acceptors (Lipinski definition) is 2. The van der Waals surface area contributed by atoms with Gasteiger partial charge in [-0.05, 0) is 104 Å². The molecule has 0 amide bonds. The van der Waals surface area contributed by atoms with E-state index in [4.69, 9.17) is 23.2 Å². The van der Waals surface area contributed by atoms with E-state index < -0.39 is 23.7 Å². The Hall–Kier alpha value is -2.46. The van der Waals surface area contributed by atoms with Crippen LogP contribution in [-0.2, 0) is 43.6 Å². The number of rotatable bonds is 2. The SMILES string of the molecule is CC(C)(C)[CH]=[Mo]=[N]c1c(Cl)cccc1Cl.Cc1c(F)cc2c(c1-c1c(O)c(F)cc3c1CCCC3)CCCC2.Cc1ccc(C)[n-]1. The van der Waals surface area contributed by atoms with Gasteiger partial charge >= 0.3 is 109 Å². The van der Waals surface area contributed by atoms with Crippen molar-refractivity contribution in [2.45, 2.75) is 92.9 Å². The second kappa shape index (κ2) is 16.1. The minimum absolute atomic E-state index is 0.222. The van der Waals surface area contributed by atoms with E-state index in [1.54, 1.807) is 13.0 Å². The fourth-order valence-corrected chi connectivity index (χ4v) is 8.25. The molecule has 0 fully saturated rings. The van der Waals surface area contributed by atoms with Crippen molar-refractivity contribution < 1.29 is 31.8 Å². The molecule has 1 aromatic heterocycles. The average Bonchev–Trinajstić information content (AvgIpc) is 3.39. The summed E-state index contributed by atoms with van der Waals surface area (Å²) in [7, 11) is 0. The van der Waals surface area contributed by atoms with Crippen molar-refractivity contribution in [3.05, 3.63) is 103 Å². The Morgan fingerprint density at radius 2 is 1.28 bits per heavy atom. The van der Waals surface area contributed by atoms with Crippen LogP contribution in [0.15, 0.2) is 46.0 Å². The topological polar surface area (TPSA) is 46.7 Å². The van der Waals surface area contributed by atoms with Gasteiger partial charge in [0.1, 0.15) is 5.82 Å². The molecule has 1 heterocycles. The Morgan fingerprint density at radius 1 is 0.783 bits per heavy atom. The number of benzene rings is 3. The number of nitrogens with zero attached hydrogens (tertiary/aromatic N) is 2. The maximum absolute atomic E-state index is 14.5. The van der Waals surface area contributed by atoms with Crippen LogP contribution >= 0.6 is 23.2 Å². The Kier molecular flexibility index (Phi) is 12.7. The minimum atomic E-state index is -0.584. The van der Waals surface area contributed by atoms with E-state index in [1.807, 2.05) is 44.2 Å². The average molecular weight is 749 g/mol. The summed E-state index contributed by atoms with van der Waals surface area (Å²) in [5.74, 6) is -1.14. The number of phenolic OH excluding ortho intramolecular Hbond substituents is 1. The number of fused-ring (bicyclic) bond motifs is 2. The molecule has 0 saturated heterocycles. The van der Waals surface area contributed by atoms with Gasteiger partial charge in [-0.25, -0.2) is 8.78 Å². The summed E-state index contributed by atoms with van der Waals surface area (Å²) in [4.78, 5) is 4.11. The molecule has 246 valence electrons. The molecule has 8 heteroatoms. The third-order valence-corrected chi connectivity index (χ3v) is 11.4. The fourth-order valence-electron chi connectivity index (χ4n) is 5.85. The van der Waals surface area contributed by atoms with Crippen molar-refractivity contribution >= 4 is 33.3 Å². The first-order chi connectivity index (χ1) is 21.8. The monoisotopic (exact) mass is 749 g/mol. The molecule has 2 aliphatic carbocycles. The number of halogens is 4. The molecule has 0 radical (unpaired) electrons. The van der Waals surface area contributed by atoms with Crippen molar-refractivity contribution in [3.8, 4) is 16.9 Å². The number of aryl methyl sites for hydroxylation is 4. The van der Waals surface area contributed by atoms with Gasteiger partial charge in [-0.3, -0.25) is 0 Å². The number of aromatic nitrogens is 1. The van der Waals surface area contributed by atoms with E-state index in [0.717, 1.165) is 96.3 Å². The molecule has 3 aromatic carbocycles. The molecule has 4 aromatic rings. The van der Waals surface area contributed by atoms with Crippen molar-refractivity contribution in [3.63, 3.8) is 0 Å². The summed E-state index contributed by atoms with van der Waals surface area (Å²) in [6.45, 7) is 12.2. The van der Waals surface area contributed by atoms with Crippen molar-refractivity contribution in [2.24, 2.45) is 8.91 Å². The van der Waals surface area contributed by atoms with Gasteiger partial charge in [0, 0.05) is 5.56 Å². The van der Waals surface area contributed by atoms with Gasteiger partial charge in [-0.15, -0.1) is 0 Å². The van der Waals surface area contributed by atoms with Gasteiger partial charge in [0.2, 0.25) is 0 Å².